The molecule has 0 bridgehead atoms. The van der Waals surface area contributed by atoms with Crippen LogP contribution in [0, 0.1) is 12.7 Å². The van der Waals surface area contributed by atoms with Gasteiger partial charge in [0.25, 0.3) is 5.56 Å². The standard InChI is InChI=1S/C17H18ClFN2O6S/c1-10-14(11-5-3-6-12(19)15(11)18)16(24)20(7-4-8-28(2,26)27)17(25)21(10)9-13(22)23/h3,5-6H,4,7-9H2,1-2H3,(H,22,23). The zero-order valence-corrected chi connectivity index (χ0v) is 16.7. The van der Waals surface area contributed by atoms with Crippen LogP contribution in [0.15, 0.2) is 27.8 Å². The van der Waals surface area contributed by atoms with Gasteiger partial charge in [0.05, 0.1) is 16.3 Å². The lowest BCUT2D eigenvalue weighted by Gasteiger charge is -2.17. The number of carboxylic acids is 1. The monoisotopic (exact) mass is 432 g/mol. The number of carboxylic acid groups (broad SMARTS) is 1. The summed E-state index contributed by atoms with van der Waals surface area (Å²) in [5.74, 6) is -2.36. The average molecular weight is 433 g/mol. The smallest absolute Gasteiger partial charge is 0.331 e. The molecule has 2 rings (SSSR count). The van der Waals surface area contributed by atoms with Crippen molar-refractivity contribution in [3.05, 3.63) is 55.6 Å². The molecular formula is C17H18ClFN2O6S. The van der Waals surface area contributed by atoms with Crippen molar-refractivity contribution in [1.82, 2.24) is 9.13 Å². The Morgan fingerprint density at radius 1 is 1.25 bits per heavy atom. The van der Waals surface area contributed by atoms with Gasteiger partial charge in [0, 0.05) is 24.1 Å². The van der Waals surface area contributed by atoms with E-state index in [4.69, 9.17) is 16.7 Å². The lowest BCUT2D eigenvalue weighted by atomic mass is 10.0. The molecule has 0 amide bonds. The summed E-state index contributed by atoms with van der Waals surface area (Å²) in [5.41, 5.74) is -1.78. The summed E-state index contributed by atoms with van der Waals surface area (Å²) in [7, 11) is -3.32. The number of hydrogen-bond acceptors (Lipinski definition) is 5. The first kappa shape index (κ1) is 21.8. The first-order valence-electron chi connectivity index (χ1n) is 8.12. The quantitative estimate of drug-likeness (QED) is 0.705. The van der Waals surface area contributed by atoms with Crippen molar-refractivity contribution in [2.45, 2.75) is 26.4 Å². The van der Waals surface area contributed by atoms with Crippen LogP contribution in [0.25, 0.3) is 11.1 Å². The highest BCUT2D eigenvalue weighted by atomic mass is 35.5. The minimum Gasteiger partial charge on any atom is -0.480 e. The van der Waals surface area contributed by atoms with Crippen LogP contribution < -0.4 is 11.2 Å². The van der Waals surface area contributed by atoms with Gasteiger partial charge in [-0.3, -0.25) is 18.7 Å². The maximum atomic E-state index is 13.9. The third kappa shape index (κ3) is 4.68. The molecule has 0 unspecified atom stereocenters. The lowest BCUT2D eigenvalue weighted by molar-refractivity contribution is -0.137. The van der Waals surface area contributed by atoms with Crippen LogP contribution in [-0.2, 0) is 27.7 Å². The number of hydrogen-bond donors (Lipinski definition) is 1. The van der Waals surface area contributed by atoms with Gasteiger partial charge in [-0.2, -0.15) is 0 Å². The third-order valence-electron chi connectivity index (χ3n) is 4.10. The van der Waals surface area contributed by atoms with Crippen LogP contribution in [0.2, 0.25) is 5.02 Å². The van der Waals surface area contributed by atoms with E-state index < -0.39 is 39.4 Å². The molecule has 0 aliphatic heterocycles. The van der Waals surface area contributed by atoms with Gasteiger partial charge in [0.1, 0.15) is 22.2 Å². The summed E-state index contributed by atoms with van der Waals surface area (Å²) in [6.07, 6.45) is 0.992. The van der Waals surface area contributed by atoms with E-state index in [0.717, 1.165) is 21.5 Å². The van der Waals surface area contributed by atoms with Gasteiger partial charge in [-0.25, -0.2) is 17.6 Å². The zero-order valence-electron chi connectivity index (χ0n) is 15.1. The molecule has 11 heteroatoms. The fourth-order valence-electron chi connectivity index (χ4n) is 2.81. The number of nitrogens with zero attached hydrogens (tertiary/aromatic N) is 2. The van der Waals surface area contributed by atoms with Gasteiger partial charge in [0.2, 0.25) is 0 Å². The van der Waals surface area contributed by atoms with Crippen LogP contribution >= 0.6 is 11.6 Å². The van der Waals surface area contributed by atoms with Crippen LogP contribution in [0.5, 0.6) is 0 Å². The van der Waals surface area contributed by atoms with Gasteiger partial charge in [-0.15, -0.1) is 0 Å². The second kappa shape index (κ2) is 8.27. The maximum absolute atomic E-state index is 13.9. The fourth-order valence-corrected chi connectivity index (χ4v) is 3.69. The largest absolute Gasteiger partial charge is 0.480 e. The Balaban J connectivity index is 2.75. The van der Waals surface area contributed by atoms with Gasteiger partial charge in [-0.1, -0.05) is 23.7 Å². The SMILES string of the molecule is Cc1c(-c2cccc(F)c2Cl)c(=O)n(CCCS(C)(=O)=O)c(=O)n1CC(=O)O. The van der Waals surface area contributed by atoms with Gasteiger partial charge < -0.3 is 5.11 Å². The Hall–Kier alpha value is -2.46. The van der Waals surface area contributed by atoms with Crippen LogP contribution in [0.3, 0.4) is 0 Å². The first-order valence-corrected chi connectivity index (χ1v) is 10.6. The van der Waals surface area contributed by atoms with E-state index in [1.165, 1.54) is 19.1 Å². The van der Waals surface area contributed by atoms with Crippen molar-refractivity contribution in [2.75, 3.05) is 12.0 Å². The van der Waals surface area contributed by atoms with Crippen molar-refractivity contribution in [3.8, 4) is 11.1 Å². The lowest BCUT2D eigenvalue weighted by Crippen LogP contribution is -2.43. The highest BCUT2D eigenvalue weighted by Gasteiger charge is 2.22. The molecule has 2 aromatic rings. The summed E-state index contributed by atoms with van der Waals surface area (Å²) in [6, 6.07) is 3.81. The minimum absolute atomic E-state index is 0.0140. The Morgan fingerprint density at radius 3 is 2.46 bits per heavy atom. The number of halogens is 2. The molecule has 0 saturated carbocycles. The summed E-state index contributed by atoms with van der Waals surface area (Å²) in [4.78, 5) is 36.8. The van der Waals surface area contributed by atoms with Crippen molar-refractivity contribution < 1.29 is 22.7 Å². The summed E-state index contributed by atoms with van der Waals surface area (Å²) < 4.78 is 38.1. The molecule has 0 fully saturated rings. The molecule has 28 heavy (non-hydrogen) atoms. The number of rotatable bonds is 7. The average Bonchev–Trinajstić information content (AvgIpc) is 2.57. The summed E-state index contributed by atoms with van der Waals surface area (Å²) in [6.45, 7) is 0.394. The van der Waals surface area contributed by atoms with E-state index in [0.29, 0.717) is 0 Å². The molecule has 0 spiro atoms. The number of benzene rings is 1. The molecule has 0 aliphatic carbocycles. The molecule has 0 radical (unpaired) electrons. The normalized spacial score (nSPS) is 11.6. The van der Waals surface area contributed by atoms with Crippen LogP contribution in [-0.4, -0.2) is 40.6 Å². The van der Waals surface area contributed by atoms with Crippen molar-refractivity contribution >= 4 is 27.4 Å². The van der Waals surface area contributed by atoms with Gasteiger partial charge >= 0.3 is 11.7 Å². The molecule has 0 saturated heterocycles. The maximum Gasteiger partial charge on any atom is 0.331 e. The predicted octanol–water partition coefficient (Wildman–Crippen LogP) is 1.30. The third-order valence-corrected chi connectivity index (χ3v) is 5.51. The second-order valence-electron chi connectivity index (χ2n) is 6.26. The molecular weight excluding hydrogens is 415 g/mol. The van der Waals surface area contributed by atoms with E-state index in [1.54, 1.807) is 0 Å². The van der Waals surface area contributed by atoms with E-state index in [1.807, 2.05) is 0 Å². The molecule has 0 aliphatic rings. The fraction of sp³-hybridized carbons (Fsp3) is 0.353. The number of carbonyl (C=O) groups is 1. The highest BCUT2D eigenvalue weighted by molar-refractivity contribution is 7.90. The van der Waals surface area contributed by atoms with Crippen LogP contribution in [0.4, 0.5) is 4.39 Å². The number of aliphatic carboxylic acids is 1. The summed E-state index contributed by atoms with van der Waals surface area (Å²) >= 11 is 5.98. The number of aromatic nitrogens is 2. The topological polar surface area (TPSA) is 115 Å². The Labute approximate surface area is 164 Å². The van der Waals surface area contributed by atoms with Gasteiger partial charge in [0.15, 0.2) is 0 Å². The highest BCUT2D eigenvalue weighted by Crippen LogP contribution is 2.29. The molecule has 1 N–H and O–H groups in total. The Morgan fingerprint density at radius 2 is 1.89 bits per heavy atom. The molecule has 1 heterocycles. The van der Waals surface area contributed by atoms with E-state index >= 15 is 0 Å². The van der Waals surface area contributed by atoms with E-state index in [2.05, 4.69) is 0 Å². The first-order chi connectivity index (χ1) is 12.9. The van der Waals surface area contributed by atoms with Gasteiger partial charge in [-0.05, 0) is 19.4 Å². The summed E-state index contributed by atoms with van der Waals surface area (Å²) in [5, 5.41) is 8.76. The van der Waals surface area contributed by atoms with E-state index in [-0.39, 0.29) is 40.6 Å². The second-order valence-corrected chi connectivity index (χ2v) is 8.90. The Kier molecular flexibility index (Phi) is 6.45. The minimum atomic E-state index is -3.32. The van der Waals surface area contributed by atoms with E-state index in [9.17, 15) is 27.2 Å². The van der Waals surface area contributed by atoms with Crippen molar-refractivity contribution in [2.24, 2.45) is 0 Å². The molecule has 1 aromatic carbocycles. The zero-order chi connectivity index (χ0) is 21.2. The predicted molar refractivity (Wildman–Crippen MR) is 102 cm³/mol. The number of sulfone groups is 1. The molecule has 152 valence electrons. The molecule has 8 nitrogen and oxygen atoms in total. The van der Waals surface area contributed by atoms with Crippen molar-refractivity contribution in [3.63, 3.8) is 0 Å². The molecule has 1 aromatic heterocycles. The van der Waals surface area contributed by atoms with Crippen LogP contribution in [0.1, 0.15) is 12.1 Å². The Bertz CT molecular complexity index is 1150. The van der Waals surface area contributed by atoms with Crippen molar-refractivity contribution in [1.29, 1.82) is 0 Å². The molecule has 0 atom stereocenters.